The Hall–Kier alpha value is -2.54. The van der Waals surface area contributed by atoms with Crippen molar-refractivity contribution < 1.29 is 19.1 Å². The first kappa shape index (κ1) is 18.3. The number of methoxy groups -OCH3 is 2. The zero-order valence-electron chi connectivity index (χ0n) is 15.4. The summed E-state index contributed by atoms with van der Waals surface area (Å²) in [5, 5.41) is 3.64. The van der Waals surface area contributed by atoms with E-state index in [1.165, 1.54) is 13.5 Å². The molecule has 2 aromatic rings. The molecule has 1 atom stereocenters. The molecule has 1 aliphatic rings. The summed E-state index contributed by atoms with van der Waals surface area (Å²) in [6.45, 7) is 4.36. The summed E-state index contributed by atoms with van der Waals surface area (Å²) < 4.78 is 10.1. The topological polar surface area (TPSA) is 83.7 Å². The molecule has 2 N–H and O–H groups in total. The molecule has 7 nitrogen and oxygen atoms in total. The third-order valence-corrected chi connectivity index (χ3v) is 4.77. The van der Waals surface area contributed by atoms with Crippen LogP contribution in [0.15, 0.2) is 18.2 Å². The van der Waals surface area contributed by atoms with E-state index in [2.05, 4.69) is 22.1 Å². The second kappa shape index (κ2) is 7.78. The van der Waals surface area contributed by atoms with E-state index < -0.39 is 5.97 Å². The predicted octanol–water partition coefficient (Wildman–Crippen LogP) is 2.63. The normalized spacial score (nSPS) is 17.9. The van der Waals surface area contributed by atoms with Gasteiger partial charge in [-0.15, -0.1) is 0 Å². The molecule has 1 aromatic carbocycles. The smallest absolute Gasteiger partial charge is 0.356 e. The Morgan fingerprint density at radius 2 is 2.15 bits per heavy atom. The van der Waals surface area contributed by atoms with Crippen LogP contribution in [-0.4, -0.2) is 55.6 Å². The maximum Gasteiger partial charge on any atom is 0.356 e. The Labute approximate surface area is 152 Å². The lowest BCUT2D eigenvalue weighted by Crippen LogP contribution is -2.39. The van der Waals surface area contributed by atoms with Crippen molar-refractivity contribution in [2.45, 2.75) is 19.8 Å². The molecule has 0 aliphatic carbocycles. The van der Waals surface area contributed by atoms with Crippen molar-refractivity contribution in [2.24, 2.45) is 5.92 Å². The van der Waals surface area contributed by atoms with Crippen LogP contribution in [0.25, 0.3) is 10.9 Å². The van der Waals surface area contributed by atoms with Gasteiger partial charge in [0, 0.05) is 18.0 Å². The Bertz CT molecular complexity index is 814. The van der Waals surface area contributed by atoms with E-state index in [9.17, 15) is 9.59 Å². The van der Waals surface area contributed by atoms with Crippen molar-refractivity contribution >= 4 is 28.5 Å². The molecule has 2 heterocycles. The molecule has 3 rings (SSSR count). The van der Waals surface area contributed by atoms with Gasteiger partial charge in [0.2, 0.25) is 5.91 Å². The van der Waals surface area contributed by atoms with E-state index in [0.717, 1.165) is 24.9 Å². The zero-order chi connectivity index (χ0) is 18.7. The molecule has 0 radical (unpaired) electrons. The van der Waals surface area contributed by atoms with E-state index in [1.54, 1.807) is 19.2 Å². The van der Waals surface area contributed by atoms with Crippen molar-refractivity contribution in [1.29, 1.82) is 0 Å². The predicted molar refractivity (Wildman–Crippen MR) is 99.7 cm³/mol. The van der Waals surface area contributed by atoms with E-state index in [1.807, 2.05) is 6.07 Å². The Morgan fingerprint density at radius 3 is 2.85 bits per heavy atom. The molecule has 26 heavy (non-hydrogen) atoms. The van der Waals surface area contributed by atoms with Crippen molar-refractivity contribution in [3.8, 4) is 5.75 Å². The number of aromatic nitrogens is 1. The second-order valence-electron chi connectivity index (χ2n) is 6.81. The third kappa shape index (κ3) is 3.83. The average molecular weight is 359 g/mol. The third-order valence-electron chi connectivity index (χ3n) is 4.77. The highest BCUT2D eigenvalue weighted by Crippen LogP contribution is 2.31. The van der Waals surface area contributed by atoms with Crippen LogP contribution in [0.1, 0.15) is 30.3 Å². The number of hydrogen-bond acceptors (Lipinski definition) is 5. The minimum absolute atomic E-state index is 0.138. The monoisotopic (exact) mass is 359 g/mol. The number of carbonyl (C=O) groups is 2. The molecule has 0 bridgehead atoms. The van der Waals surface area contributed by atoms with Gasteiger partial charge in [-0.25, -0.2) is 4.79 Å². The number of nitrogens with one attached hydrogen (secondary N) is 2. The number of aromatic amines is 1. The minimum atomic E-state index is -0.526. The Kier molecular flexibility index (Phi) is 5.46. The molecule has 140 valence electrons. The summed E-state index contributed by atoms with van der Waals surface area (Å²) in [6.07, 6.45) is 2.31. The Balaban J connectivity index is 1.85. The summed E-state index contributed by atoms with van der Waals surface area (Å²) >= 11 is 0. The van der Waals surface area contributed by atoms with Gasteiger partial charge in [-0.1, -0.05) is 6.92 Å². The molecule has 1 aliphatic heterocycles. The minimum Gasteiger partial charge on any atom is -0.497 e. The summed E-state index contributed by atoms with van der Waals surface area (Å²) in [5.41, 5.74) is 1.38. The van der Waals surface area contributed by atoms with Crippen molar-refractivity contribution in [3.63, 3.8) is 0 Å². The van der Waals surface area contributed by atoms with Gasteiger partial charge in [-0.2, -0.15) is 0 Å². The van der Waals surface area contributed by atoms with E-state index in [4.69, 9.17) is 9.47 Å². The van der Waals surface area contributed by atoms with Crippen molar-refractivity contribution in [3.05, 3.63) is 23.9 Å². The van der Waals surface area contributed by atoms with Gasteiger partial charge >= 0.3 is 5.97 Å². The van der Waals surface area contributed by atoms with Gasteiger partial charge < -0.3 is 19.8 Å². The fraction of sp³-hybridized carbons (Fsp3) is 0.474. The molecule has 1 saturated heterocycles. The first-order chi connectivity index (χ1) is 12.5. The first-order valence-corrected chi connectivity index (χ1v) is 8.82. The molecule has 1 amide bonds. The maximum atomic E-state index is 12.6. The SMILES string of the molecule is COC(=O)c1[nH]c2cc(OC)ccc2c1NC(=O)CN1CCC[C@@H](C)C1. The fourth-order valence-corrected chi connectivity index (χ4v) is 3.50. The standard InChI is InChI=1S/C19H25N3O4/c1-12-5-4-8-22(10-12)11-16(23)21-17-14-7-6-13(25-2)9-15(14)20-18(17)19(24)26-3/h6-7,9,12,20H,4-5,8,10-11H2,1-3H3,(H,21,23)/t12-/m1/s1. The quantitative estimate of drug-likeness (QED) is 0.802. The highest BCUT2D eigenvalue weighted by atomic mass is 16.5. The number of benzene rings is 1. The number of fused-ring (bicyclic) bond motifs is 1. The number of rotatable bonds is 5. The van der Waals surface area contributed by atoms with Gasteiger partial charge in [0.1, 0.15) is 11.4 Å². The second-order valence-corrected chi connectivity index (χ2v) is 6.81. The zero-order valence-corrected chi connectivity index (χ0v) is 15.4. The van der Waals surface area contributed by atoms with Crippen LogP contribution in [0.3, 0.4) is 0 Å². The van der Waals surface area contributed by atoms with Crippen LogP contribution in [0.4, 0.5) is 5.69 Å². The van der Waals surface area contributed by atoms with Crippen molar-refractivity contribution in [2.75, 3.05) is 39.2 Å². The molecule has 0 spiro atoms. The average Bonchev–Trinajstić information content (AvgIpc) is 2.98. The lowest BCUT2D eigenvalue weighted by atomic mass is 10.0. The van der Waals surface area contributed by atoms with Gasteiger partial charge in [0.15, 0.2) is 0 Å². The number of nitrogens with zero attached hydrogens (tertiary/aromatic N) is 1. The lowest BCUT2D eigenvalue weighted by Gasteiger charge is -2.30. The summed E-state index contributed by atoms with van der Waals surface area (Å²) in [7, 11) is 2.89. The number of carbonyl (C=O) groups excluding carboxylic acids is 2. The fourth-order valence-electron chi connectivity index (χ4n) is 3.50. The first-order valence-electron chi connectivity index (χ1n) is 8.82. The summed E-state index contributed by atoms with van der Waals surface area (Å²) in [6, 6.07) is 5.39. The van der Waals surface area contributed by atoms with E-state index >= 15 is 0 Å². The largest absolute Gasteiger partial charge is 0.497 e. The van der Waals surface area contributed by atoms with E-state index in [-0.39, 0.29) is 11.6 Å². The molecule has 0 saturated carbocycles. The number of piperidine rings is 1. The van der Waals surface area contributed by atoms with Gasteiger partial charge in [-0.3, -0.25) is 9.69 Å². The van der Waals surface area contributed by atoms with Crippen LogP contribution in [-0.2, 0) is 9.53 Å². The molecule has 7 heteroatoms. The van der Waals surface area contributed by atoms with Crippen LogP contribution < -0.4 is 10.1 Å². The Morgan fingerprint density at radius 1 is 1.35 bits per heavy atom. The number of H-pyrrole nitrogens is 1. The number of esters is 1. The molecular weight excluding hydrogens is 334 g/mol. The van der Waals surface area contributed by atoms with Gasteiger partial charge in [0.05, 0.1) is 32.0 Å². The molecule has 1 fully saturated rings. The summed E-state index contributed by atoms with van der Waals surface area (Å²) in [5.74, 6) is 0.598. The summed E-state index contributed by atoms with van der Waals surface area (Å²) in [4.78, 5) is 29.9. The lowest BCUT2D eigenvalue weighted by molar-refractivity contribution is -0.117. The number of hydrogen-bond donors (Lipinski definition) is 2. The van der Waals surface area contributed by atoms with Crippen LogP contribution in [0.5, 0.6) is 5.75 Å². The maximum absolute atomic E-state index is 12.6. The van der Waals surface area contributed by atoms with Gasteiger partial charge in [-0.05, 0) is 37.4 Å². The molecular formula is C19H25N3O4. The van der Waals surface area contributed by atoms with Gasteiger partial charge in [0.25, 0.3) is 0 Å². The van der Waals surface area contributed by atoms with Crippen LogP contribution in [0, 0.1) is 5.92 Å². The van der Waals surface area contributed by atoms with Crippen LogP contribution >= 0.6 is 0 Å². The number of likely N-dealkylation sites (tertiary alicyclic amines) is 1. The van der Waals surface area contributed by atoms with E-state index in [0.29, 0.717) is 29.4 Å². The number of ether oxygens (including phenoxy) is 2. The number of anilines is 1. The molecule has 0 unspecified atom stereocenters. The highest BCUT2D eigenvalue weighted by Gasteiger charge is 2.23. The highest BCUT2D eigenvalue weighted by molar-refractivity contribution is 6.11. The number of amides is 1. The molecule has 1 aromatic heterocycles. The van der Waals surface area contributed by atoms with Crippen molar-refractivity contribution in [1.82, 2.24) is 9.88 Å². The van der Waals surface area contributed by atoms with Crippen LogP contribution in [0.2, 0.25) is 0 Å².